The number of esters is 1. The molecule has 2 N–H and O–H groups in total. The van der Waals surface area contributed by atoms with E-state index in [4.69, 9.17) is 9.47 Å². The summed E-state index contributed by atoms with van der Waals surface area (Å²) in [4.78, 5) is 26.6. The first-order chi connectivity index (χ1) is 10.5. The van der Waals surface area contributed by atoms with Crippen molar-refractivity contribution in [3.05, 3.63) is 46.7 Å². The highest BCUT2D eigenvalue weighted by molar-refractivity contribution is 9.10. The third-order valence-corrected chi connectivity index (χ3v) is 3.34. The molecule has 1 aromatic carbocycles. The van der Waals surface area contributed by atoms with Crippen molar-refractivity contribution in [1.29, 1.82) is 0 Å². The monoisotopic (exact) mass is 366 g/mol. The van der Waals surface area contributed by atoms with E-state index in [-0.39, 0.29) is 5.69 Å². The molecule has 22 heavy (non-hydrogen) atoms. The minimum Gasteiger partial charge on any atom is -0.497 e. The van der Waals surface area contributed by atoms with Gasteiger partial charge in [0.25, 0.3) is 5.91 Å². The number of hydrogen-bond donors (Lipinski definition) is 2. The van der Waals surface area contributed by atoms with Gasteiger partial charge in [0.15, 0.2) is 6.10 Å². The zero-order valence-corrected chi connectivity index (χ0v) is 13.6. The number of ether oxygens (including phenoxy) is 2. The van der Waals surface area contributed by atoms with Crippen molar-refractivity contribution in [2.45, 2.75) is 13.0 Å². The molecule has 116 valence electrons. The molecule has 1 amide bonds. The van der Waals surface area contributed by atoms with Crippen molar-refractivity contribution in [2.75, 3.05) is 12.4 Å². The van der Waals surface area contributed by atoms with E-state index in [1.165, 1.54) is 6.92 Å². The molecule has 0 aliphatic heterocycles. The van der Waals surface area contributed by atoms with Gasteiger partial charge in [-0.05, 0) is 53.2 Å². The molecule has 6 nitrogen and oxygen atoms in total. The Labute approximate surface area is 135 Å². The van der Waals surface area contributed by atoms with Crippen LogP contribution in [0.25, 0.3) is 0 Å². The van der Waals surface area contributed by atoms with E-state index in [0.29, 0.717) is 11.4 Å². The second kappa shape index (κ2) is 7.13. The number of H-pyrrole nitrogens is 1. The van der Waals surface area contributed by atoms with Crippen LogP contribution in [0.1, 0.15) is 17.4 Å². The fourth-order valence-corrected chi connectivity index (χ4v) is 2.02. The van der Waals surface area contributed by atoms with E-state index >= 15 is 0 Å². The fraction of sp³-hybridized carbons (Fsp3) is 0.200. The Kier molecular flexibility index (Phi) is 5.21. The predicted octanol–water partition coefficient (Wildman–Crippen LogP) is 2.97. The molecule has 0 spiro atoms. The highest BCUT2D eigenvalue weighted by Crippen LogP contribution is 2.16. The number of benzene rings is 1. The number of amides is 1. The number of hydrogen-bond acceptors (Lipinski definition) is 4. The lowest BCUT2D eigenvalue weighted by Gasteiger charge is -2.13. The van der Waals surface area contributed by atoms with Crippen LogP contribution in [0.4, 0.5) is 5.69 Å². The van der Waals surface area contributed by atoms with Crippen molar-refractivity contribution in [3.8, 4) is 5.75 Å². The second-order valence-corrected chi connectivity index (χ2v) is 5.41. The lowest BCUT2D eigenvalue weighted by atomic mass is 10.3. The highest BCUT2D eigenvalue weighted by Gasteiger charge is 2.19. The van der Waals surface area contributed by atoms with Gasteiger partial charge in [-0.2, -0.15) is 0 Å². The molecule has 1 atom stereocenters. The van der Waals surface area contributed by atoms with E-state index in [1.807, 2.05) is 0 Å². The third-order valence-electron chi connectivity index (χ3n) is 2.88. The Bertz CT molecular complexity index is 666. The van der Waals surface area contributed by atoms with Gasteiger partial charge in [0.1, 0.15) is 11.4 Å². The van der Waals surface area contributed by atoms with Crippen LogP contribution in [0.15, 0.2) is 41.0 Å². The molecule has 0 saturated carbocycles. The Morgan fingerprint density at radius 2 is 1.95 bits per heavy atom. The van der Waals surface area contributed by atoms with E-state index in [1.54, 1.807) is 43.6 Å². The van der Waals surface area contributed by atoms with Gasteiger partial charge in [-0.1, -0.05) is 0 Å². The Hall–Kier alpha value is -2.28. The summed E-state index contributed by atoms with van der Waals surface area (Å²) < 4.78 is 10.9. The summed E-state index contributed by atoms with van der Waals surface area (Å²) in [7, 11) is 1.56. The Morgan fingerprint density at radius 1 is 1.27 bits per heavy atom. The first-order valence-corrected chi connectivity index (χ1v) is 7.28. The zero-order chi connectivity index (χ0) is 16.1. The normalized spacial score (nSPS) is 11.6. The quantitative estimate of drug-likeness (QED) is 0.797. The molecular formula is C15H15BrN2O4. The average molecular weight is 367 g/mol. The molecule has 0 bridgehead atoms. The van der Waals surface area contributed by atoms with Crippen molar-refractivity contribution < 1.29 is 19.1 Å². The van der Waals surface area contributed by atoms with Gasteiger partial charge in [0, 0.05) is 16.4 Å². The number of methoxy groups -OCH3 is 1. The van der Waals surface area contributed by atoms with Crippen molar-refractivity contribution in [1.82, 2.24) is 4.98 Å². The number of nitrogens with one attached hydrogen (secondary N) is 2. The summed E-state index contributed by atoms with van der Waals surface area (Å²) in [6.45, 7) is 1.51. The van der Waals surface area contributed by atoms with Crippen LogP contribution in [0.5, 0.6) is 5.75 Å². The minimum absolute atomic E-state index is 0.274. The van der Waals surface area contributed by atoms with Crippen LogP contribution in [-0.4, -0.2) is 30.1 Å². The molecule has 1 heterocycles. The zero-order valence-electron chi connectivity index (χ0n) is 12.1. The molecular weight excluding hydrogens is 352 g/mol. The minimum atomic E-state index is -0.920. The molecule has 0 radical (unpaired) electrons. The predicted molar refractivity (Wildman–Crippen MR) is 85.0 cm³/mol. The number of carbonyl (C=O) groups excluding carboxylic acids is 2. The average Bonchev–Trinajstić information content (AvgIpc) is 2.94. The van der Waals surface area contributed by atoms with Crippen LogP contribution in [0.3, 0.4) is 0 Å². The van der Waals surface area contributed by atoms with Gasteiger partial charge in [0.05, 0.1) is 7.11 Å². The van der Waals surface area contributed by atoms with Crippen molar-refractivity contribution >= 4 is 33.5 Å². The number of carbonyl (C=O) groups is 2. The summed E-state index contributed by atoms with van der Waals surface area (Å²) in [5.41, 5.74) is 0.868. The van der Waals surface area contributed by atoms with Gasteiger partial charge in [-0.15, -0.1) is 0 Å². The summed E-state index contributed by atoms with van der Waals surface area (Å²) in [6, 6.07) is 8.43. The molecule has 0 saturated heterocycles. The maximum atomic E-state index is 12.0. The van der Waals surface area contributed by atoms with Crippen LogP contribution in [0.2, 0.25) is 0 Å². The topological polar surface area (TPSA) is 80.4 Å². The smallest absolute Gasteiger partial charge is 0.355 e. The van der Waals surface area contributed by atoms with E-state index in [9.17, 15) is 9.59 Å². The highest BCUT2D eigenvalue weighted by atomic mass is 79.9. The summed E-state index contributed by atoms with van der Waals surface area (Å²) in [5.74, 6) is -0.318. The van der Waals surface area contributed by atoms with E-state index < -0.39 is 18.0 Å². The summed E-state index contributed by atoms with van der Waals surface area (Å²) in [5, 5.41) is 2.66. The first-order valence-electron chi connectivity index (χ1n) is 6.49. The van der Waals surface area contributed by atoms with Gasteiger partial charge in [0.2, 0.25) is 0 Å². The van der Waals surface area contributed by atoms with Crippen molar-refractivity contribution in [2.24, 2.45) is 0 Å². The first kappa shape index (κ1) is 16.1. The number of halogens is 1. The molecule has 0 unspecified atom stereocenters. The van der Waals surface area contributed by atoms with Gasteiger partial charge >= 0.3 is 5.97 Å². The molecule has 7 heteroatoms. The second-order valence-electron chi connectivity index (χ2n) is 4.50. The maximum Gasteiger partial charge on any atom is 0.355 e. The Morgan fingerprint density at radius 3 is 2.50 bits per heavy atom. The van der Waals surface area contributed by atoms with Gasteiger partial charge in [-0.25, -0.2) is 4.79 Å². The van der Waals surface area contributed by atoms with Crippen LogP contribution >= 0.6 is 15.9 Å². The molecule has 2 aromatic rings. The number of aromatic nitrogens is 1. The van der Waals surface area contributed by atoms with Gasteiger partial charge in [-0.3, -0.25) is 4.79 Å². The van der Waals surface area contributed by atoms with Crippen molar-refractivity contribution in [3.63, 3.8) is 0 Å². The lowest BCUT2D eigenvalue weighted by molar-refractivity contribution is -0.123. The summed E-state index contributed by atoms with van der Waals surface area (Å²) >= 11 is 3.22. The largest absolute Gasteiger partial charge is 0.497 e. The fourth-order valence-electron chi connectivity index (χ4n) is 1.68. The molecule has 2 rings (SSSR count). The molecule has 0 aliphatic rings. The van der Waals surface area contributed by atoms with Crippen LogP contribution in [0, 0.1) is 0 Å². The SMILES string of the molecule is COc1ccc(NC(=O)[C@@H](C)OC(=O)c2cc(Br)c[nH]2)cc1. The maximum absolute atomic E-state index is 12.0. The Balaban J connectivity index is 1.92. The molecule has 1 aromatic heterocycles. The third kappa shape index (κ3) is 4.11. The van der Waals surface area contributed by atoms with Gasteiger partial charge < -0.3 is 19.8 Å². The van der Waals surface area contributed by atoms with Crippen LogP contribution < -0.4 is 10.1 Å². The number of anilines is 1. The number of rotatable bonds is 5. The van der Waals surface area contributed by atoms with Crippen LogP contribution in [-0.2, 0) is 9.53 Å². The summed E-state index contributed by atoms with van der Waals surface area (Å²) in [6.07, 6.45) is 0.690. The van der Waals surface area contributed by atoms with E-state index in [0.717, 1.165) is 4.47 Å². The standard InChI is InChI=1S/C15H15BrN2O4/c1-9(22-15(20)13-7-10(16)8-17-13)14(19)18-11-3-5-12(21-2)6-4-11/h3-9,17H,1-2H3,(H,18,19)/t9-/m1/s1. The number of aromatic amines is 1. The van der Waals surface area contributed by atoms with E-state index in [2.05, 4.69) is 26.2 Å². The molecule has 0 aliphatic carbocycles. The molecule has 0 fully saturated rings. The lowest BCUT2D eigenvalue weighted by Crippen LogP contribution is -2.30.